The van der Waals surface area contributed by atoms with Crippen molar-refractivity contribution in [2.24, 2.45) is 5.11 Å². The minimum Gasteiger partial charge on any atom is -0.394 e. The van der Waals surface area contributed by atoms with Crippen LogP contribution >= 0.6 is 0 Å². The van der Waals surface area contributed by atoms with Gasteiger partial charge in [-0.1, -0.05) is 5.11 Å². The first-order chi connectivity index (χ1) is 4.72. The molecule has 0 rings (SSSR count). The summed E-state index contributed by atoms with van der Waals surface area (Å²) in [7, 11) is 0. The molecule has 0 aliphatic heterocycles. The van der Waals surface area contributed by atoms with Gasteiger partial charge in [-0.25, -0.2) is 4.39 Å². The van der Waals surface area contributed by atoms with Crippen LogP contribution in [0.15, 0.2) is 5.11 Å². The van der Waals surface area contributed by atoms with Crippen molar-refractivity contribution < 1.29 is 14.6 Å². The second kappa shape index (κ2) is 4.99. The van der Waals surface area contributed by atoms with Gasteiger partial charge in [-0.05, 0) is 5.53 Å². The molecule has 2 N–H and O–H groups in total. The van der Waals surface area contributed by atoms with Crippen molar-refractivity contribution >= 4 is 0 Å². The highest BCUT2D eigenvalue weighted by molar-refractivity contribution is 4.68. The molecule has 5 nitrogen and oxygen atoms in total. The fraction of sp³-hybridized carbons (Fsp3) is 1.00. The van der Waals surface area contributed by atoms with E-state index < -0.39 is 25.4 Å². The Bertz CT molecular complexity index is 136. The molecule has 0 heterocycles. The lowest BCUT2D eigenvalue weighted by atomic mass is 10.2. The third kappa shape index (κ3) is 3.24. The van der Waals surface area contributed by atoms with Crippen LogP contribution in [-0.4, -0.2) is 35.6 Å². The van der Waals surface area contributed by atoms with E-state index in [4.69, 9.17) is 15.7 Å². The van der Waals surface area contributed by atoms with Crippen LogP contribution in [0.4, 0.5) is 4.39 Å². The summed E-state index contributed by atoms with van der Waals surface area (Å²) in [6.07, 6.45) is -3.13. The third-order valence-corrected chi connectivity index (χ3v) is 0.924. The summed E-state index contributed by atoms with van der Waals surface area (Å²) in [4.78, 5) is 2.28. The van der Waals surface area contributed by atoms with Crippen LogP contribution in [0.5, 0.6) is 0 Å². The van der Waals surface area contributed by atoms with Gasteiger partial charge in [0.05, 0.1) is 13.2 Å². The smallest absolute Gasteiger partial charge is 0.134 e. The SMILES string of the molecule is [N-]=[N+]=NC[C@@H](F)[C@H](O)CO. The highest BCUT2D eigenvalue weighted by atomic mass is 19.1. The first kappa shape index (κ1) is 9.16. The lowest BCUT2D eigenvalue weighted by Gasteiger charge is -2.08. The second-order valence-corrected chi connectivity index (χ2v) is 1.68. The van der Waals surface area contributed by atoms with Crippen LogP contribution in [-0.2, 0) is 0 Å². The van der Waals surface area contributed by atoms with Crippen molar-refractivity contribution in [3.8, 4) is 0 Å². The Morgan fingerprint density at radius 3 is 2.70 bits per heavy atom. The van der Waals surface area contributed by atoms with Crippen LogP contribution in [0.1, 0.15) is 0 Å². The molecule has 58 valence electrons. The molecular weight excluding hydrogens is 141 g/mol. The van der Waals surface area contributed by atoms with Gasteiger partial charge in [0.15, 0.2) is 0 Å². The number of hydrogen-bond donors (Lipinski definition) is 2. The van der Waals surface area contributed by atoms with Gasteiger partial charge in [0.1, 0.15) is 12.3 Å². The molecule has 2 atom stereocenters. The fourth-order valence-electron chi connectivity index (χ4n) is 0.351. The van der Waals surface area contributed by atoms with Gasteiger partial charge in [-0.15, -0.1) is 0 Å². The monoisotopic (exact) mass is 149 g/mol. The average molecular weight is 149 g/mol. The van der Waals surface area contributed by atoms with E-state index in [0.29, 0.717) is 0 Å². The van der Waals surface area contributed by atoms with Gasteiger partial charge in [0.25, 0.3) is 0 Å². The van der Waals surface area contributed by atoms with Crippen molar-refractivity contribution in [2.75, 3.05) is 13.2 Å². The summed E-state index contributed by atoms with van der Waals surface area (Å²) in [6.45, 7) is -1.11. The van der Waals surface area contributed by atoms with Gasteiger partial charge in [0.2, 0.25) is 0 Å². The normalized spacial score (nSPS) is 15.5. The van der Waals surface area contributed by atoms with Crippen molar-refractivity contribution in [1.82, 2.24) is 0 Å². The maximum absolute atomic E-state index is 12.3. The van der Waals surface area contributed by atoms with Gasteiger partial charge >= 0.3 is 0 Å². The molecule has 0 radical (unpaired) electrons. The molecule has 0 aromatic rings. The molecule has 6 heteroatoms. The average Bonchev–Trinajstić information content (AvgIpc) is 1.98. The van der Waals surface area contributed by atoms with Crippen LogP contribution in [0.3, 0.4) is 0 Å². The van der Waals surface area contributed by atoms with Crippen LogP contribution < -0.4 is 0 Å². The van der Waals surface area contributed by atoms with Crippen molar-refractivity contribution in [1.29, 1.82) is 0 Å². The summed E-state index contributed by atoms with van der Waals surface area (Å²) in [6, 6.07) is 0. The Labute approximate surface area is 56.7 Å². The van der Waals surface area contributed by atoms with E-state index in [9.17, 15) is 4.39 Å². The lowest BCUT2D eigenvalue weighted by Crippen LogP contribution is -2.27. The van der Waals surface area contributed by atoms with Gasteiger partial charge in [-0.3, -0.25) is 0 Å². The van der Waals surface area contributed by atoms with Crippen molar-refractivity contribution in [2.45, 2.75) is 12.3 Å². The Kier molecular flexibility index (Phi) is 4.57. The minimum absolute atomic E-state index is 0.446. The molecule has 0 bridgehead atoms. The fourth-order valence-corrected chi connectivity index (χ4v) is 0.351. The number of alkyl halides is 1. The Morgan fingerprint density at radius 1 is 1.70 bits per heavy atom. The molecule has 0 spiro atoms. The topological polar surface area (TPSA) is 89.2 Å². The summed E-state index contributed by atoms with van der Waals surface area (Å²) < 4.78 is 12.3. The van der Waals surface area contributed by atoms with E-state index in [1.54, 1.807) is 0 Å². The molecule has 0 aromatic heterocycles. The zero-order valence-electron chi connectivity index (χ0n) is 5.18. The molecule has 0 unspecified atom stereocenters. The predicted molar refractivity (Wildman–Crippen MR) is 32.0 cm³/mol. The van der Waals surface area contributed by atoms with Crippen LogP contribution in [0.25, 0.3) is 10.4 Å². The molecule has 0 aliphatic rings. The maximum atomic E-state index is 12.3. The standard InChI is InChI=1S/C4H8FN3O2/c5-3(1-7-8-6)4(10)2-9/h3-4,9-10H,1-2H2/t3-,4-/m1/s1. The van der Waals surface area contributed by atoms with E-state index in [2.05, 4.69) is 10.0 Å². The van der Waals surface area contributed by atoms with E-state index in [0.717, 1.165) is 0 Å². The number of rotatable bonds is 4. The number of azide groups is 1. The van der Waals surface area contributed by atoms with Crippen LogP contribution in [0.2, 0.25) is 0 Å². The molecular formula is C4H8FN3O2. The summed E-state index contributed by atoms with van der Waals surface area (Å²) in [5.74, 6) is 0. The van der Waals surface area contributed by atoms with E-state index >= 15 is 0 Å². The first-order valence-corrected chi connectivity index (χ1v) is 2.66. The lowest BCUT2D eigenvalue weighted by molar-refractivity contribution is 0.0323. The van der Waals surface area contributed by atoms with Gasteiger partial charge in [-0.2, -0.15) is 0 Å². The maximum Gasteiger partial charge on any atom is 0.134 e. The van der Waals surface area contributed by atoms with Crippen molar-refractivity contribution in [3.63, 3.8) is 0 Å². The molecule has 0 fully saturated rings. The predicted octanol–water partition coefficient (Wildman–Crippen LogP) is -0.0120. The van der Waals surface area contributed by atoms with Gasteiger partial charge < -0.3 is 10.2 Å². The van der Waals surface area contributed by atoms with Crippen molar-refractivity contribution in [3.05, 3.63) is 10.4 Å². The van der Waals surface area contributed by atoms with E-state index in [1.807, 2.05) is 0 Å². The zero-order valence-corrected chi connectivity index (χ0v) is 5.18. The van der Waals surface area contributed by atoms with Crippen LogP contribution in [0, 0.1) is 0 Å². The number of aliphatic hydroxyl groups is 2. The Morgan fingerprint density at radius 2 is 2.30 bits per heavy atom. The number of hydrogen-bond acceptors (Lipinski definition) is 3. The highest BCUT2D eigenvalue weighted by Crippen LogP contribution is 1.98. The first-order valence-electron chi connectivity index (χ1n) is 2.66. The number of halogens is 1. The molecule has 0 saturated carbocycles. The summed E-state index contributed by atoms with van der Waals surface area (Å²) in [5, 5.41) is 19.6. The van der Waals surface area contributed by atoms with Gasteiger partial charge in [0, 0.05) is 4.91 Å². The minimum atomic E-state index is -1.68. The highest BCUT2D eigenvalue weighted by Gasteiger charge is 2.15. The number of nitrogens with zero attached hydrogens (tertiary/aromatic N) is 3. The molecule has 10 heavy (non-hydrogen) atoms. The summed E-state index contributed by atoms with van der Waals surface area (Å²) >= 11 is 0. The van der Waals surface area contributed by atoms with E-state index in [1.165, 1.54) is 0 Å². The molecule has 0 aliphatic carbocycles. The second-order valence-electron chi connectivity index (χ2n) is 1.68. The number of aliphatic hydroxyl groups excluding tert-OH is 2. The zero-order chi connectivity index (χ0) is 7.98. The quantitative estimate of drug-likeness (QED) is 0.334. The Hall–Kier alpha value is -0.840. The molecule has 0 amide bonds. The summed E-state index contributed by atoms with van der Waals surface area (Å²) in [5.41, 5.74) is 7.72. The van der Waals surface area contributed by atoms with E-state index in [-0.39, 0.29) is 0 Å². The molecule has 0 saturated heterocycles. The largest absolute Gasteiger partial charge is 0.394 e. The third-order valence-electron chi connectivity index (χ3n) is 0.924. The Balaban J connectivity index is 3.60. The molecule has 0 aromatic carbocycles.